The van der Waals surface area contributed by atoms with Crippen LogP contribution in [0.4, 0.5) is 87.8 Å². The van der Waals surface area contributed by atoms with E-state index in [1.54, 1.807) is 0 Å². The lowest BCUT2D eigenvalue weighted by Gasteiger charge is -2.44. The Labute approximate surface area is 368 Å². The van der Waals surface area contributed by atoms with Crippen LogP contribution in [0.15, 0.2) is 66.9 Å². The van der Waals surface area contributed by atoms with Gasteiger partial charge in [-0.1, -0.05) is 69.3 Å². The summed E-state index contributed by atoms with van der Waals surface area (Å²) in [6.45, 7) is 6.63. The molecule has 0 saturated carbocycles. The molecule has 1 heterocycles. The molecule has 0 atom stereocenters. The highest BCUT2D eigenvalue weighted by molar-refractivity contribution is 7.20. The molecule has 23 heteroatoms. The first-order chi connectivity index (χ1) is 31.7. The molecule has 356 valence electrons. The van der Waals surface area contributed by atoms with Gasteiger partial charge in [-0.2, -0.15) is 4.57 Å². The third kappa shape index (κ3) is 7.87. The van der Waals surface area contributed by atoms with Gasteiger partial charge in [0.1, 0.15) is 52.7 Å². The van der Waals surface area contributed by atoms with Gasteiger partial charge in [-0.3, -0.25) is 4.79 Å². The van der Waals surface area contributed by atoms with Crippen molar-refractivity contribution in [2.45, 2.75) is 27.3 Å². The van der Waals surface area contributed by atoms with E-state index < -0.39 is 150 Å². The SMILES string of the molecule is CC(C)(C)C(=O)c1c2ccccc2cc[n+]1Cc1ccccc1.Fc1c(F)c(F)c([B-](c2c(F)c(F)c(F)c(F)c2F)(c2c(F)c(F)c(F)c(F)c2F)c2c(F)c(F)c(F)c(F)c2F)c(F)c1F. The van der Waals surface area contributed by atoms with Crippen molar-refractivity contribution in [2.24, 2.45) is 5.41 Å². The molecule has 0 aliphatic rings. The number of rotatable bonds is 7. The molecular weight excluding hydrogens is 961 g/mol. The van der Waals surface area contributed by atoms with Gasteiger partial charge >= 0.3 is 0 Å². The van der Waals surface area contributed by atoms with Crippen molar-refractivity contribution in [1.82, 2.24) is 0 Å². The first-order valence-electron chi connectivity index (χ1n) is 18.9. The first kappa shape index (κ1) is 50.5. The largest absolute Gasteiger partial charge is 0.287 e. The first-order valence-corrected chi connectivity index (χ1v) is 18.9. The molecule has 0 amide bonds. The van der Waals surface area contributed by atoms with Gasteiger partial charge in [0.05, 0.1) is 5.39 Å². The average molecular weight is 983 g/mol. The van der Waals surface area contributed by atoms with E-state index >= 15 is 35.1 Å². The van der Waals surface area contributed by atoms with E-state index in [1.807, 2.05) is 63.4 Å². The van der Waals surface area contributed by atoms with Crippen LogP contribution in [-0.4, -0.2) is 11.9 Å². The predicted octanol–water partition coefficient (Wildman–Crippen LogP) is 10.3. The summed E-state index contributed by atoms with van der Waals surface area (Å²) in [5.41, 5.74) is -12.8. The molecular formula is C45H22BF20NO. The molecule has 0 unspecified atom stereocenters. The van der Waals surface area contributed by atoms with Crippen LogP contribution in [0, 0.1) is 122 Å². The minimum absolute atomic E-state index is 0.172. The van der Waals surface area contributed by atoms with Crippen LogP contribution >= 0.6 is 0 Å². The number of benzene rings is 6. The number of hydrogen-bond acceptors (Lipinski definition) is 1. The Bertz CT molecular complexity index is 2830. The second-order valence-corrected chi connectivity index (χ2v) is 15.7. The van der Waals surface area contributed by atoms with Crippen LogP contribution < -0.4 is 26.4 Å². The zero-order valence-electron chi connectivity index (χ0n) is 34.1. The van der Waals surface area contributed by atoms with E-state index in [4.69, 9.17) is 0 Å². The molecule has 0 saturated heterocycles. The Kier molecular flexibility index (Phi) is 13.6. The van der Waals surface area contributed by atoms with Crippen LogP contribution in [-0.2, 0) is 6.54 Å². The Morgan fingerprint density at radius 2 is 0.676 bits per heavy atom. The number of Topliss-reactive ketones (excluding diaryl/α,β-unsaturated/α-hetero) is 1. The standard InChI is InChI=1S/C24BF20.C21H22NO/c26-5-1(6(27)14(35)21(42)13(5)34)25(2-7(28)15(36)22(43)16(37)8(2)29,3-9(30)17(38)23(44)18(39)10(3)31)4-11(32)19(40)24(45)20(41)12(4)33;1-21(2,3)20(23)19-18-12-8-7-11-17(18)13-14-22(19)15-16-9-5-4-6-10-16/h;4-14H,15H2,1-3H3/q-1;+1. The predicted molar refractivity (Wildman–Crippen MR) is 203 cm³/mol. The third-order valence-corrected chi connectivity index (χ3v) is 10.7. The maximum atomic E-state index is 15.4. The number of carbonyl (C=O) groups excluding carboxylic acids is 1. The minimum Gasteiger partial charge on any atom is -0.287 e. The number of carbonyl (C=O) groups is 1. The van der Waals surface area contributed by atoms with Gasteiger partial charge in [-0.25, -0.2) is 87.8 Å². The fraction of sp³-hybridized carbons (Fsp3) is 0.111. The van der Waals surface area contributed by atoms with Crippen LogP contribution in [0.1, 0.15) is 36.8 Å². The highest BCUT2D eigenvalue weighted by Gasteiger charge is 2.52. The summed E-state index contributed by atoms with van der Waals surface area (Å²) in [5, 5.41) is 2.12. The number of hydrogen-bond donors (Lipinski definition) is 0. The molecule has 0 fully saturated rings. The fourth-order valence-corrected chi connectivity index (χ4v) is 7.65. The van der Waals surface area contributed by atoms with Crippen molar-refractivity contribution in [3.05, 3.63) is 194 Å². The number of ketones is 1. The molecule has 6 aromatic carbocycles. The molecule has 0 spiro atoms. The van der Waals surface area contributed by atoms with E-state index in [0.717, 1.165) is 16.5 Å². The summed E-state index contributed by atoms with van der Waals surface area (Å²) in [7, 11) is 0. The molecule has 68 heavy (non-hydrogen) atoms. The lowest BCUT2D eigenvalue weighted by atomic mass is 9.12. The van der Waals surface area contributed by atoms with Crippen LogP contribution in [0.2, 0.25) is 0 Å². The van der Waals surface area contributed by atoms with Crippen LogP contribution in [0.5, 0.6) is 0 Å². The van der Waals surface area contributed by atoms with Crippen molar-refractivity contribution in [3.63, 3.8) is 0 Å². The summed E-state index contributed by atoms with van der Waals surface area (Å²) in [4.78, 5) is 13.1. The maximum absolute atomic E-state index is 15.4. The van der Waals surface area contributed by atoms with E-state index in [-0.39, 0.29) is 5.78 Å². The van der Waals surface area contributed by atoms with E-state index in [1.165, 1.54) is 5.56 Å². The summed E-state index contributed by atoms with van der Waals surface area (Å²) < 4.78 is 296. The monoisotopic (exact) mass is 983 g/mol. The van der Waals surface area contributed by atoms with Gasteiger partial charge in [-0.05, 0) is 11.5 Å². The van der Waals surface area contributed by atoms with Gasteiger partial charge in [0.2, 0.25) is 5.78 Å². The second kappa shape index (κ2) is 18.3. The van der Waals surface area contributed by atoms with Crippen LogP contribution in [0.3, 0.4) is 0 Å². The zero-order chi connectivity index (χ0) is 50.8. The van der Waals surface area contributed by atoms with E-state index in [9.17, 15) is 57.5 Å². The Morgan fingerprint density at radius 3 is 0.985 bits per heavy atom. The van der Waals surface area contributed by atoms with Gasteiger partial charge in [-0.15, -0.1) is 21.9 Å². The summed E-state index contributed by atoms with van der Waals surface area (Å²) in [6, 6.07) is 20.4. The Hall–Kier alpha value is -6.94. The van der Waals surface area contributed by atoms with Crippen molar-refractivity contribution in [3.8, 4) is 0 Å². The second-order valence-electron chi connectivity index (χ2n) is 15.7. The summed E-state index contributed by atoms with van der Waals surface area (Å²) >= 11 is 0. The van der Waals surface area contributed by atoms with Crippen molar-refractivity contribution in [2.75, 3.05) is 0 Å². The molecule has 0 aliphatic heterocycles. The zero-order valence-corrected chi connectivity index (χ0v) is 34.1. The molecule has 0 N–H and O–H groups in total. The summed E-state index contributed by atoms with van der Waals surface area (Å²) in [6.07, 6.45) is -5.19. The fourth-order valence-electron chi connectivity index (χ4n) is 7.65. The highest BCUT2D eigenvalue weighted by Crippen LogP contribution is 2.31. The van der Waals surface area contributed by atoms with Crippen molar-refractivity contribution in [1.29, 1.82) is 0 Å². The van der Waals surface area contributed by atoms with E-state index in [0.29, 0.717) is 6.54 Å². The molecule has 0 aliphatic carbocycles. The number of fused-ring (bicyclic) bond motifs is 1. The Morgan fingerprint density at radius 1 is 0.397 bits per heavy atom. The topological polar surface area (TPSA) is 20.9 Å². The van der Waals surface area contributed by atoms with Gasteiger partial charge in [0.15, 0.2) is 82.5 Å². The molecule has 0 bridgehead atoms. The lowest BCUT2D eigenvalue weighted by Crippen LogP contribution is -2.81. The molecule has 1 aromatic heterocycles. The number of aromatic nitrogens is 1. The molecule has 7 aromatic rings. The quantitative estimate of drug-likeness (QED) is 0.0389. The lowest BCUT2D eigenvalue weighted by molar-refractivity contribution is -0.689. The summed E-state index contributed by atoms with van der Waals surface area (Å²) in [5.74, 6) is -71.2. The van der Waals surface area contributed by atoms with Gasteiger partial charge in [0.25, 0.3) is 5.69 Å². The number of nitrogens with zero attached hydrogens (tertiary/aromatic N) is 1. The normalized spacial score (nSPS) is 11.9. The smallest absolute Gasteiger partial charge is 0.257 e. The number of halogens is 20. The van der Waals surface area contributed by atoms with Crippen LogP contribution in [0.25, 0.3) is 10.8 Å². The molecule has 2 nitrogen and oxygen atoms in total. The minimum atomic E-state index is -7.22. The average Bonchev–Trinajstić information content (AvgIpc) is 3.31. The van der Waals surface area contributed by atoms with Crippen molar-refractivity contribution >= 4 is 44.6 Å². The third-order valence-electron chi connectivity index (χ3n) is 10.7. The highest BCUT2D eigenvalue weighted by atomic mass is 19.2. The van der Waals surface area contributed by atoms with Gasteiger partial charge in [0, 0.05) is 17.0 Å². The number of pyridine rings is 1. The molecule has 0 radical (unpaired) electrons. The van der Waals surface area contributed by atoms with E-state index in [2.05, 4.69) is 28.8 Å². The Balaban J connectivity index is 0.000000276. The maximum Gasteiger partial charge on any atom is 0.257 e. The molecule has 7 rings (SSSR count). The van der Waals surface area contributed by atoms with Gasteiger partial charge < -0.3 is 0 Å². The van der Waals surface area contributed by atoms with Crippen molar-refractivity contribution < 1.29 is 97.2 Å².